The van der Waals surface area contributed by atoms with Gasteiger partial charge in [0.25, 0.3) is 5.82 Å². The Morgan fingerprint density at radius 2 is 1.26 bits per heavy atom. The Morgan fingerprint density at radius 3 is 1.84 bits per heavy atom. The van der Waals surface area contributed by atoms with Gasteiger partial charge in [0.2, 0.25) is 0 Å². The van der Waals surface area contributed by atoms with Crippen LogP contribution in [-0.2, 0) is 9.47 Å². The van der Waals surface area contributed by atoms with Crippen molar-refractivity contribution in [2.75, 3.05) is 62.4 Å². The zero-order chi connectivity index (χ0) is 22.6. The van der Waals surface area contributed by atoms with E-state index >= 15 is 0 Å². The zero-order valence-electron chi connectivity index (χ0n) is 16.5. The molecule has 6 nitrogen and oxygen atoms in total. The predicted molar refractivity (Wildman–Crippen MR) is 106 cm³/mol. The first-order valence-electron chi connectivity index (χ1n) is 9.57. The molecular weight excluding hydrogens is 449 g/mol. The Balaban J connectivity index is 0.000000339. The average Bonchev–Trinajstić information content (AvgIpc) is 2.73. The Kier molecular flexibility index (Phi) is 6.37. The van der Waals surface area contributed by atoms with Gasteiger partial charge in [-0.25, -0.2) is 9.97 Å². The molecule has 0 amide bonds. The quantitative estimate of drug-likeness (QED) is 0.482. The maximum Gasteiger partial charge on any atom is 0.274 e. The van der Waals surface area contributed by atoms with E-state index in [-0.39, 0.29) is 0 Å². The number of aromatic amines is 1. The number of rotatable bonds is 3. The molecule has 0 radical (unpaired) electrons. The third-order valence-corrected chi connectivity index (χ3v) is 4.48. The molecule has 0 bridgehead atoms. The van der Waals surface area contributed by atoms with Crippen LogP contribution in [0.5, 0.6) is 0 Å². The van der Waals surface area contributed by atoms with Gasteiger partial charge >= 0.3 is 33.0 Å². The van der Waals surface area contributed by atoms with Gasteiger partial charge in [-0.2, -0.15) is 0 Å². The molecule has 0 saturated carbocycles. The number of anilines is 2. The number of ether oxygens (including phenoxy) is 2. The molecule has 0 aliphatic carbocycles. The fraction of sp³-hybridized carbons (Fsp3) is 0.444. The fourth-order valence-electron chi connectivity index (χ4n) is 3.14. The van der Waals surface area contributed by atoms with Gasteiger partial charge in [-0.05, 0) is 24.3 Å². The summed E-state index contributed by atoms with van der Waals surface area (Å²) in [5.74, 6) is 2.13. The molecule has 31 heavy (non-hydrogen) atoms. The van der Waals surface area contributed by atoms with Crippen molar-refractivity contribution in [3.8, 4) is 11.4 Å². The molecule has 2 aromatic rings. The molecule has 2 fully saturated rings. The number of H-pyrrole nitrogens is 1. The van der Waals surface area contributed by atoms with Crippen molar-refractivity contribution in [3.63, 3.8) is 0 Å². The number of hydrogen-bond donors (Lipinski definition) is 0. The molecule has 2 aliphatic heterocycles. The molecule has 0 unspecified atom stereocenters. The van der Waals surface area contributed by atoms with Gasteiger partial charge in [-0.15, -0.1) is 0 Å². The minimum atomic E-state index is -10.7. The van der Waals surface area contributed by atoms with Crippen LogP contribution >= 0.6 is 7.81 Å². The van der Waals surface area contributed by atoms with E-state index in [4.69, 9.17) is 14.5 Å². The Hall–Kier alpha value is -2.17. The third-order valence-electron chi connectivity index (χ3n) is 4.48. The molecule has 2 saturated heterocycles. The number of pyridine rings is 2. The Labute approximate surface area is 175 Å². The summed E-state index contributed by atoms with van der Waals surface area (Å²) < 4.78 is 70.1. The fourth-order valence-corrected chi connectivity index (χ4v) is 3.14. The van der Waals surface area contributed by atoms with Crippen LogP contribution in [0.4, 0.5) is 36.8 Å². The Bertz CT molecular complexity index is 817. The van der Waals surface area contributed by atoms with Crippen molar-refractivity contribution in [2.24, 2.45) is 0 Å². The van der Waals surface area contributed by atoms with Crippen molar-refractivity contribution in [3.05, 3.63) is 36.4 Å². The summed E-state index contributed by atoms with van der Waals surface area (Å²) in [6.07, 6.45) is 0. The van der Waals surface area contributed by atoms with Crippen LogP contribution in [0, 0.1) is 0 Å². The number of nitrogens with one attached hydrogen (secondary N) is 1. The molecule has 174 valence electrons. The van der Waals surface area contributed by atoms with Crippen LogP contribution in [0.25, 0.3) is 11.4 Å². The van der Waals surface area contributed by atoms with E-state index in [0.717, 1.165) is 75.6 Å². The van der Waals surface area contributed by atoms with E-state index in [1.807, 2.05) is 0 Å². The van der Waals surface area contributed by atoms with Crippen LogP contribution in [0.1, 0.15) is 0 Å². The topological polar surface area (TPSA) is 52.0 Å². The van der Waals surface area contributed by atoms with Crippen molar-refractivity contribution in [1.29, 1.82) is 0 Å². The van der Waals surface area contributed by atoms with Crippen LogP contribution in [0.15, 0.2) is 36.4 Å². The maximum absolute atomic E-state index is 10.7. The number of hydrogen-bond acceptors (Lipinski definition) is 5. The summed E-state index contributed by atoms with van der Waals surface area (Å²) in [4.78, 5) is 13.0. The largest absolute Gasteiger partial charge is 0.378 e. The summed E-state index contributed by atoms with van der Waals surface area (Å²) in [5, 5.41) is 0. The first-order chi connectivity index (χ1) is 14.3. The van der Waals surface area contributed by atoms with Crippen molar-refractivity contribution in [1.82, 2.24) is 4.98 Å². The zero-order valence-corrected chi connectivity index (χ0v) is 17.4. The van der Waals surface area contributed by atoms with Gasteiger partial charge in [0.1, 0.15) is 24.6 Å². The summed E-state index contributed by atoms with van der Waals surface area (Å²) in [6.45, 7) is 6.73. The second-order valence-electron chi connectivity index (χ2n) is 6.99. The van der Waals surface area contributed by atoms with E-state index in [0.29, 0.717) is 0 Å². The molecule has 2 aromatic heterocycles. The monoisotopic (exact) mass is 472 g/mol. The first-order valence-corrected chi connectivity index (χ1v) is 11.6. The molecule has 4 rings (SSSR count). The van der Waals surface area contributed by atoms with E-state index in [2.05, 4.69) is 51.2 Å². The number of morpholine rings is 2. The van der Waals surface area contributed by atoms with E-state index in [1.165, 1.54) is 0 Å². The summed E-state index contributed by atoms with van der Waals surface area (Å²) >= 11 is 0. The Morgan fingerprint density at radius 1 is 0.742 bits per heavy atom. The second kappa shape index (κ2) is 8.40. The molecule has 4 heterocycles. The summed E-state index contributed by atoms with van der Waals surface area (Å²) in [7, 11) is -10.7. The SMILES string of the molecule is F[P-](F)(F)(F)(F)F.c1cc(-c2cccc(N3CCOCC3)[nH+]2)nc(N2CCOCC2)c1. The molecule has 0 atom stereocenters. The standard InChI is InChI=1S/C18H22N4O2.F6P/c1-3-15(19-17(5-1)21-7-11-23-12-8-21)16-4-2-6-18(20-16)22-9-13-24-14-10-22;1-7(2,3,4,5)6/h1-6H,7-14H2;/q;-1/p+1. The molecule has 1 N–H and O–H groups in total. The number of halogens is 6. The molecule has 0 aromatic carbocycles. The van der Waals surface area contributed by atoms with Gasteiger partial charge in [-0.3, -0.25) is 4.90 Å². The molecule has 13 heteroatoms. The van der Waals surface area contributed by atoms with Crippen molar-refractivity contribution >= 4 is 19.4 Å². The smallest absolute Gasteiger partial charge is 0.274 e. The first kappa shape index (κ1) is 23.5. The van der Waals surface area contributed by atoms with Gasteiger partial charge in [0, 0.05) is 19.2 Å². The normalized spacial score (nSPS) is 19.7. The third kappa shape index (κ3) is 8.84. The van der Waals surface area contributed by atoms with Crippen LogP contribution < -0.4 is 14.8 Å². The van der Waals surface area contributed by atoms with Crippen molar-refractivity contribution in [2.45, 2.75) is 0 Å². The van der Waals surface area contributed by atoms with Crippen molar-refractivity contribution < 1.29 is 39.6 Å². The average molecular weight is 472 g/mol. The van der Waals surface area contributed by atoms with E-state index in [1.54, 1.807) is 0 Å². The minimum absolute atomic E-state index is 0.768. The van der Waals surface area contributed by atoms with Gasteiger partial charge in [0.05, 0.1) is 26.4 Å². The molecule has 0 spiro atoms. The predicted octanol–water partition coefficient (Wildman–Crippen LogP) is 4.62. The maximum atomic E-state index is 9.87. The number of nitrogens with zero attached hydrogens (tertiary/aromatic N) is 3. The van der Waals surface area contributed by atoms with Gasteiger partial charge < -0.3 is 14.4 Å². The van der Waals surface area contributed by atoms with Gasteiger partial charge in [0.15, 0.2) is 5.69 Å². The van der Waals surface area contributed by atoms with Crippen LogP contribution in [0.3, 0.4) is 0 Å². The van der Waals surface area contributed by atoms with E-state index < -0.39 is 7.81 Å². The van der Waals surface area contributed by atoms with Crippen LogP contribution in [0.2, 0.25) is 0 Å². The molecular formula is C18H23F6N4O2P. The van der Waals surface area contributed by atoms with Gasteiger partial charge in [-0.1, -0.05) is 6.07 Å². The molecule has 2 aliphatic rings. The second-order valence-corrected chi connectivity index (χ2v) is 8.90. The minimum Gasteiger partial charge on any atom is -0.378 e. The number of aromatic nitrogens is 2. The van der Waals surface area contributed by atoms with E-state index in [9.17, 15) is 25.2 Å². The van der Waals surface area contributed by atoms with Crippen LogP contribution in [-0.4, -0.2) is 57.6 Å². The summed E-state index contributed by atoms with van der Waals surface area (Å²) in [6, 6.07) is 12.5. The summed E-state index contributed by atoms with van der Waals surface area (Å²) in [5.41, 5.74) is 2.00.